The van der Waals surface area contributed by atoms with E-state index in [0.717, 1.165) is 0 Å². The maximum absolute atomic E-state index is 12.8. The summed E-state index contributed by atoms with van der Waals surface area (Å²) in [4.78, 5) is 3.98. The molecular weight excluding hydrogens is 225 g/mol. The Morgan fingerprint density at radius 2 is 2.25 bits per heavy atom. The Kier molecular flexibility index (Phi) is 1.54. The van der Waals surface area contributed by atoms with Crippen LogP contribution in [-0.4, -0.2) is 9.38 Å². The van der Waals surface area contributed by atoms with E-state index in [1.807, 2.05) is 0 Å². The van der Waals surface area contributed by atoms with Gasteiger partial charge < -0.3 is 10.1 Å². The largest absolute Gasteiger partial charge is 0.382 e. The topological polar surface area (TPSA) is 43.3 Å². The lowest BCUT2D eigenvalue weighted by Crippen LogP contribution is -1.86. The molecule has 0 amide bonds. The summed E-state index contributed by atoms with van der Waals surface area (Å²) in [5, 5.41) is 0. The zero-order valence-corrected chi connectivity index (χ0v) is 7.55. The highest BCUT2D eigenvalue weighted by Crippen LogP contribution is 2.19. The fourth-order valence-electron chi connectivity index (χ4n) is 1.04. The third-order valence-corrected chi connectivity index (χ3v) is 2.08. The molecule has 0 aliphatic rings. The Morgan fingerprint density at radius 3 is 3.00 bits per heavy atom. The number of aromatic nitrogens is 2. The van der Waals surface area contributed by atoms with Crippen LogP contribution < -0.4 is 5.73 Å². The molecule has 0 radical (unpaired) electrons. The average molecular weight is 230 g/mol. The molecule has 12 heavy (non-hydrogen) atoms. The van der Waals surface area contributed by atoms with Crippen LogP contribution in [0.4, 0.5) is 10.2 Å². The summed E-state index contributed by atoms with van der Waals surface area (Å²) >= 11 is 3.18. The molecule has 0 aromatic carbocycles. The lowest BCUT2D eigenvalue weighted by molar-refractivity contribution is 0.618. The van der Waals surface area contributed by atoms with Crippen LogP contribution in [0.15, 0.2) is 22.9 Å². The minimum atomic E-state index is -0.327. The van der Waals surface area contributed by atoms with Gasteiger partial charge in [-0.05, 0) is 22.0 Å². The zero-order valence-electron chi connectivity index (χ0n) is 5.96. The second kappa shape index (κ2) is 2.45. The van der Waals surface area contributed by atoms with Crippen molar-refractivity contribution >= 4 is 27.4 Å². The Hall–Kier alpha value is -1.10. The maximum Gasteiger partial charge on any atom is 0.153 e. The van der Waals surface area contributed by atoms with E-state index >= 15 is 0 Å². The number of nitrogens with zero attached hydrogens (tertiary/aromatic N) is 2. The molecule has 0 fully saturated rings. The first-order valence-electron chi connectivity index (χ1n) is 3.26. The van der Waals surface area contributed by atoms with Crippen LogP contribution in [-0.2, 0) is 0 Å². The van der Waals surface area contributed by atoms with Gasteiger partial charge in [-0.1, -0.05) is 0 Å². The molecule has 2 aromatic rings. The highest BCUT2D eigenvalue weighted by molar-refractivity contribution is 9.10. The SMILES string of the molecule is Nc1cn2cc(F)cc(Br)c2n1. The number of fused-ring (bicyclic) bond motifs is 1. The summed E-state index contributed by atoms with van der Waals surface area (Å²) in [6.07, 6.45) is 2.88. The molecule has 5 heteroatoms. The van der Waals surface area contributed by atoms with Gasteiger partial charge in [0.25, 0.3) is 0 Å². The van der Waals surface area contributed by atoms with Crippen LogP contribution in [0.2, 0.25) is 0 Å². The first kappa shape index (κ1) is 7.54. The molecule has 62 valence electrons. The molecular formula is C7H5BrFN3. The molecule has 2 N–H and O–H groups in total. The van der Waals surface area contributed by atoms with Crippen molar-refractivity contribution in [3.05, 3.63) is 28.7 Å². The summed E-state index contributed by atoms with van der Waals surface area (Å²) in [7, 11) is 0. The smallest absolute Gasteiger partial charge is 0.153 e. The van der Waals surface area contributed by atoms with Crippen molar-refractivity contribution in [3.63, 3.8) is 0 Å². The van der Waals surface area contributed by atoms with Gasteiger partial charge in [-0.15, -0.1) is 0 Å². The van der Waals surface area contributed by atoms with E-state index in [4.69, 9.17) is 5.73 Å². The van der Waals surface area contributed by atoms with Gasteiger partial charge in [0, 0.05) is 6.20 Å². The number of pyridine rings is 1. The summed E-state index contributed by atoms with van der Waals surface area (Å²) in [6, 6.07) is 1.35. The van der Waals surface area contributed by atoms with Crippen molar-refractivity contribution in [2.45, 2.75) is 0 Å². The second-order valence-corrected chi connectivity index (χ2v) is 3.26. The van der Waals surface area contributed by atoms with Gasteiger partial charge in [0.15, 0.2) is 5.65 Å². The number of nitrogen functional groups attached to an aromatic ring is 1. The number of rotatable bonds is 0. The summed E-state index contributed by atoms with van der Waals surface area (Å²) in [5.41, 5.74) is 6.05. The van der Waals surface area contributed by atoms with E-state index in [1.54, 1.807) is 6.20 Å². The number of hydrogen-bond acceptors (Lipinski definition) is 2. The molecule has 0 saturated carbocycles. The van der Waals surface area contributed by atoms with Crippen molar-refractivity contribution in [1.82, 2.24) is 9.38 Å². The lowest BCUT2D eigenvalue weighted by Gasteiger charge is -1.95. The van der Waals surface area contributed by atoms with Crippen LogP contribution in [0.5, 0.6) is 0 Å². The highest BCUT2D eigenvalue weighted by atomic mass is 79.9. The van der Waals surface area contributed by atoms with Crippen LogP contribution in [0.25, 0.3) is 5.65 Å². The van der Waals surface area contributed by atoms with E-state index in [1.165, 1.54) is 16.7 Å². The van der Waals surface area contributed by atoms with Gasteiger partial charge in [0.1, 0.15) is 11.6 Å². The summed E-state index contributed by atoms with van der Waals surface area (Å²) in [6.45, 7) is 0. The van der Waals surface area contributed by atoms with Crippen LogP contribution in [0.1, 0.15) is 0 Å². The van der Waals surface area contributed by atoms with Gasteiger partial charge >= 0.3 is 0 Å². The molecule has 0 aliphatic carbocycles. The maximum atomic E-state index is 12.8. The number of hydrogen-bond donors (Lipinski definition) is 1. The number of anilines is 1. The van der Waals surface area contributed by atoms with E-state index in [-0.39, 0.29) is 5.82 Å². The van der Waals surface area contributed by atoms with Gasteiger partial charge in [-0.3, -0.25) is 0 Å². The first-order chi connectivity index (χ1) is 5.66. The Morgan fingerprint density at radius 1 is 1.50 bits per heavy atom. The molecule has 2 heterocycles. The minimum absolute atomic E-state index is 0.327. The molecule has 0 atom stereocenters. The van der Waals surface area contributed by atoms with Crippen molar-refractivity contribution in [3.8, 4) is 0 Å². The monoisotopic (exact) mass is 229 g/mol. The fourth-order valence-corrected chi connectivity index (χ4v) is 1.56. The van der Waals surface area contributed by atoms with Gasteiger partial charge in [0.05, 0.1) is 10.7 Å². The molecule has 0 bridgehead atoms. The Balaban J connectivity index is 2.88. The van der Waals surface area contributed by atoms with Crippen molar-refractivity contribution in [1.29, 1.82) is 0 Å². The van der Waals surface area contributed by atoms with Crippen molar-refractivity contribution < 1.29 is 4.39 Å². The predicted octanol–water partition coefficient (Wildman–Crippen LogP) is 1.82. The fraction of sp³-hybridized carbons (Fsp3) is 0. The summed E-state index contributed by atoms with van der Waals surface area (Å²) in [5.74, 6) is 0.0491. The average Bonchev–Trinajstić information content (AvgIpc) is 2.29. The van der Waals surface area contributed by atoms with Gasteiger partial charge in [-0.2, -0.15) is 0 Å². The van der Waals surface area contributed by atoms with Crippen LogP contribution >= 0.6 is 15.9 Å². The predicted molar refractivity (Wildman–Crippen MR) is 47.3 cm³/mol. The lowest BCUT2D eigenvalue weighted by atomic mass is 10.4. The molecule has 2 rings (SSSR count). The van der Waals surface area contributed by atoms with Crippen molar-refractivity contribution in [2.75, 3.05) is 5.73 Å². The molecule has 0 unspecified atom stereocenters. The molecule has 0 spiro atoms. The van der Waals surface area contributed by atoms with Crippen molar-refractivity contribution in [2.24, 2.45) is 0 Å². The third kappa shape index (κ3) is 1.06. The number of halogens is 2. The quantitative estimate of drug-likeness (QED) is 0.749. The highest BCUT2D eigenvalue weighted by Gasteiger charge is 2.04. The molecule has 0 aliphatic heterocycles. The number of imidazole rings is 1. The minimum Gasteiger partial charge on any atom is -0.382 e. The Bertz CT molecular complexity index is 437. The standard InChI is InChI=1S/C7H5BrFN3/c8-5-1-4(9)2-12-3-6(10)11-7(5)12/h1-3H,10H2. The number of nitrogens with two attached hydrogens (primary N) is 1. The Labute approximate surface area is 76.1 Å². The van der Waals surface area contributed by atoms with E-state index in [2.05, 4.69) is 20.9 Å². The molecule has 2 aromatic heterocycles. The van der Waals surface area contributed by atoms with Gasteiger partial charge in [0.2, 0.25) is 0 Å². The molecule has 3 nitrogen and oxygen atoms in total. The van der Waals surface area contributed by atoms with E-state index in [9.17, 15) is 4.39 Å². The van der Waals surface area contributed by atoms with Crippen LogP contribution in [0.3, 0.4) is 0 Å². The van der Waals surface area contributed by atoms with Gasteiger partial charge in [-0.25, -0.2) is 9.37 Å². The third-order valence-electron chi connectivity index (χ3n) is 1.49. The normalized spacial score (nSPS) is 10.8. The first-order valence-corrected chi connectivity index (χ1v) is 4.05. The second-order valence-electron chi connectivity index (χ2n) is 2.40. The van der Waals surface area contributed by atoms with Crippen LogP contribution in [0, 0.1) is 5.82 Å². The molecule has 0 saturated heterocycles. The summed E-state index contributed by atoms with van der Waals surface area (Å²) < 4.78 is 14.9. The van der Waals surface area contributed by atoms with E-state index < -0.39 is 0 Å². The zero-order chi connectivity index (χ0) is 8.72. The van der Waals surface area contributed by atoms with E-state index in [0.29, 0.717) is 15.9 Å².